The van der Waals surface area contributed by atoms with E-state index < -0.39 is 0 Å². The summed E-state index contributed by atoms with van der Waals surface area (Å²) in [7, 11) is 2.23. The van der Waals surface area contributed by atoms with Crippen LogP contribution in [0.2, 0.25) is 0 Å². The van der Waals surface area contributed by atoms with Crippen molar-refractivity contribution < 1.29 is 4.74 Å². The third-order valence-corrected chi connectivity index (χ3v) is 3.66. The van der Waals surface area contributed by atoms with E-state index in [0.717, 1.165) is 12.6 Å². The fourth-order valence-electron chi connectivity index (χ4n) is 2.80. The van der Waals surface area contributed by atoms with Crippen molar-refractivity contribution in [3.8, 4) is 0 Å². The van der Waals surface area contributed by atoms with Crippen LogP contribution < -0.4 is 0 Å². The maximum atomic E-state index is 5.75. The van der Waals surface area contributed by atoms with Gasteiger partial charge in [-0.25, -0.2) is 0 Å². The van der Waals surface area contributed by atoms with Gasteiger partial charge in [-0.05, 0) is 33.7 Å². The number of piperazine rings is 1. The van der Waals surface area contributed by atoms with E-state index in [9.17, 15) is 0 Å². The van der Waals surface area contributed by atoms with Crippen molar-refractivity contribution in [2.75, 3.05) is 33.3 Å². The summed E-state index contributed by atoms with van der Waals surface area (Å²) >= 11 is 0. The summed E-state index contributed by atoms with van der Waals surface area (Å²) in [5.74, 6) is 0. The Balaban J connectivity index is 1.83. The van der Waals surface area contributed by atoms with Gasteiger partial charge in [-0.1, -0.05) is 0 Å². The number of likely N-dealkylation sites (N-methyl/N-ethyl adjacent to an activating group) is 1. The molecule has 0 bridgehead atoms. The Morgan fingerprint density at radius 2 is 2.07 bits per heavy atom. The second kappa shape index (κ2) is 4.81. The maximum Gasteiger partial charge on any atom is 0.0625 e. The van der Waals surface area contributed by atoms with Crippen molar-refractivity contribution in [3.63, 3.8) is 0 Å². The van der Waals surface area contributed by atoms with E-state index in [0.29, 0.717) is 12.1 Å². The summed E-state index contributed by atoms with van der Waals surface area (Å²) in [6, 6.07) is 1.48. The molecule has 2 aliphatic heterocycles. The molecule has 0 saturated carbocycles. The van der Waals surface area contributed by atoms with Crippen molar-refractivity contribution in [2.45, 2.75) is 44.9 Å². The predicted molar refractivity (Wildman–Crippen MR) is 62.1 cm³/mol. The van der Waals surface area contributed by atoms with Gasteiger partial charge in [0.1, 0.15) is 0 Å². The zero-order chi connectivity index (χ0) is 10.8. The highest BCUT2D eigenvalue weighted by molar-refractivity contribution is 4.92. The molecule has 0 amide bonds. The third-order valence-electron chi connectivity index (χ3n) is 3.66. The van der Waals surface area contributed by atoms with Gasteiger partial charge in [0.2, 0.25) is 0 Å². The van der Waals surface area contributed by atoms with Crippen LogP contribution >= 0.6 is 0 Å². The Morgan fingerprint density at radius 1 is 1.27 bits per heavy atom. The summed E-state index contributed by atoms with van der Waals surface area (Å²) in [4.78, 5) is 5.12. The largest absolute Gasteiger partial charge is 0.377 e. The standard InChI is InChI=1S/C12H24N2O/c1-10(2)15-9-12-5-4-11-8-13(3)6-7-14(11)12/h10-12H,4-9H2,1-3H3. The van der Waals surface area contributed by atoms with Crippen molar-refractivity contribution in [1.82, 2.24) is 9.80 Å². The second-order valence-electron chi connectivity index (χ2n) is 5.27. The van der Waals surface area contributed by atoms with Crippen LogP contribution in [0.15, 0.2) is 0 Å². The van der Waals surface area contributed by atoms with Crippen LogP contribution in [-0.2, 0) is 4.74 Å². The van der Waals surface area contributed by atoms with E-state index in [-0.39, 0.29) is 0 Å². The molecule has 2 aliphatic rings. The molecule has 0 N–H and O–H groups in total. The SMILES string of the molecule is CC(C)OCC1CCC2CN(C)CCN12. The Bertz CT molecular complexity index is 208. The van der Waals surface area contributed by atoms with E-state index >= 15 is 0 Å². The lowest BCUT2D eigenvalue weighted by Crippen LogP contribution is -2.52. The molecule has 3 heteroatoms. The lowest BCUT2D eigenvalue weighted by Gasteiger charge is -2.38. The number of rotatable bonds is 3. The van der Waals surface area contributed by atoms with Crippen LogP contribution in [0.3, 0.4) is 0 Å². The minimum atomic E-state index is 0.372. The van der Waals surface area contributed by atoms with Crippen molar-refractivity contribution >= 4 is 0 Å². The van der Waals surface area contributed by atoms with Gasteiger partial charge in [0, 0.05) is 31.7 Å². The van der Waals surface area contributed by atoms with Gasteiger partial charge in [-0.15, -0.1) is 0 Å². The molecule has 2 atom stereocenters. The van der Waals surface area contributed by atoms with Crippen LogP contribution in [0.1, 0.15) is 26.7 Å². The van der Waals surface area contributed by atoms with Crippen molar-refractivity contribution in [1.29, 1.82) is 0 Å². The molecular weight excluding hydrogens is 188 g/mol. The first kappa shape index (κ1) is 11.4. The van der Waals surface area contributed by atoms with Gasteiger partial charge in [-0.3, -0.25) is 4.90 Å². The summed E-state index contributed by atoms with van der Waals surface area (Å²) in [5.41, 5.74) is 0. The van der Waals surface area contributed by atoms with Crippen LogP contribution in [0.5, 0.6) is 0 Å². The molecule has 0 aromatic heterocycles. The fourth-order valence-corrected chi connectivity index (χ4v) is 2.80. The first-order valence-electron chi connectivity index (χ1n) is 6.22. The van der Waals surface area contributed by atoms with E-state index in [1.165, 1.54) is 32.5 Å². The molecule has 0 aromatic carbocycles. The summed E-state index contributed by atoms with van der Waals surface area (Å²) in [6.45, 7) is 8.87. The number of fused-ring (bicyclic) bond motifs is 1. The minimum absolute atomic E-state index is 0.372. The van der Waals surface area contributed by atoms with Crippen molar-refractivity contribution in [3.05, 3.63) is 0 Å². The first-order chi connectivity index (χ1) is 7.16. The average Bonchev–Trinajstić information content (AvgIpc) is 2.57. The van der Waals surface area contributed by atoms with Crippen LogP contribution in [0.4, 0.5) is 0 Å². The second-order valence-corrected chi connectivity index (χ2v) is 5.27. The van der Waals surface area contributed by atoms with Gasteiger partial charge < -0.3 is 9.64 Å². The smallest absolute Gasteiger partial charge is 0.0625 e. The normalized spacial score (nSPS) is 33.6. The van der Waals surface area contributed by atoms with Crippen LogP contribution in [0, 0.1) is 0 Å². The lowest BCUT2D eigenvalue weighted by atomic mass is 10.2. The molecule has 0 aliphatic carbocycles. The number of hydrogen-bond donors (Lipinski definition) is 0. The molecule has 15 heavy (non-hydrogen) atoms. The summed E-state index contributed by atoms with van der Waals surface area (Å²) in [5, 5.41) is 0. The molecule has 2 heterocycles. The molecule has 2 unspecified atom stereocenters. The highest BCUT2D eigenvalue weighted by Gasteiger charge is 2.36. The Morgan fingerprint density at radius 3 is 2.80 bits per heavy atom. The highest BCUT2D eigenvalue weighted by atomic mass is 16.5. The first-order valence-corrected chi connectivity index (χ1v) is 6.22. The fraction of sp³-hybridized carbons (Fsp3) is 1.00. The van der Waals surface area contributed by atoms with Gasteiger partial charge in [0.25, 0.3) is 0 Å². The highest BCUT2D eigenvalue weighted by Crippen LogP contribution is 2.27. The van der Waals surface area contributed by atoms with E-state index in [1.807, 2.05) is 0 Å². The van der Waals surface area contributed by atoms with Crippen LogP contribution in [0.25, 0.3) is 0 Å². The molecule has 0 aromatic rings. The van der Waals surface area contributed by atoms with Gasteiger partial charge >= 0.3 is 0 Å². The molecule has 88 valence electrons. The minimum Gasteiger partial charge on any atom is -0.377 e. The van der Waals surface area contributed by atoms with Crippen molar-refractivity contribution in [2.24, 2.45) is 0 Å². The molecule has 3 nitrogen and oxygen atoms in total. The van der Waals surface area contributed by atoms with E-state index in [2.05, 4.69) is 30.7 Å². The number of hydrogen-bond acceptors (Lipinski definition) is 3. The molecule has 2 rings (SSSR count). The molecule has 0 radical (unpaired) electrons. The lowest BCUT2D eigenvalue weighted by molar-refractivity contribution is 0.0129. The topological polar surface area (TPSA) is 15.7 Å². The zero-order valence-electron chi connectivity index (χ0n) is 10.3. The maximum absolute atomic E-state index is 5.75. The molecule has 2 saturated heterocycles. The average molecular weight is 212 g/mol. The Kier molecular flexibility index (Phi) is 3.65. The Hall–Kier alpha value is -0.120. The monoisotopic (exact) mass is 212 g/mol. The zero-order valence-corrected chi connectivity index (χ0v) is 10.3. The summed E-state index contributed by atoms with van der Waals surface area (Å²) < 4.78 is 5.75. The number of ether oxygens (including phenoxy) is 1. The van der Waals surface area contributed by atoms with Gasteiger partial charge in [-0.2, -0.15) is 0 Å². The molecule has 0 spiro atoms. The van der Waals surface area contributed by atoms with Gasteiger partial charge in [0.05, 0.1) is 12.7 Å². The quantitative estimate of drug-likeness (QED) is 0.699. The molecule has 2 fully saturated rings. The third kappa shape index (κ3) is 2.71. The van der Waals surface area contributed by atoms with Gasteiger partial charge in [0.15, 0.2) is 0 Å². The molecular formula is C12H24N2O. The number of nitrogens with zero attached hydrogens (tertiary/aromatic N) is 2. The van der Waals surface area contributed by atoms with Crippen LogP contribution in [-0.4, -0.2) is 61.3 Å². The van der Waals surface area contributed by atoms with E-state index in [1.54, 1.807) is 0 Å². The van der Waals surface area contributed by atoms with E-state index in [4.69, 9.17) is 4.74 Å². The predicted octanol–water partition coefficient (Wildman–Crippen LogP) is 1.19. The Labute approximate surface area is 93.4 Å². The summed E-state index contributed by atoms with van der Waals surface area (Å²) in [6.07, 6.45) is 3.05.